The Hall–Kier alpha value is -3.61. The summed E-state index contributed by atoms with van der Waals surface area (Å²) in [7, 11) is 1.69. The van der Waals surface area contributed by atoms with Crippen LogP contribution in [0.15, 0.2) is 42.5 Å². The number of methoxy groups -OCH3 is 1. The highest BCUT2D eigenvalue weighted by Crippen LogP contribution is 2.44. The Kier molecular flexibility index (Phi) is 7.95. The average Bonchev–Trinajstić information content (AvgIpc) is 3.60. The van der Waals surface area contributed by atoms with Gasteiger partial charge in [0.2, 0.25) is 0 Å². The number of halogens is 3. The number of carboxylic acid groups (broad SMARTS) is 1. The molecular weight excluding hydrogens is 664 g/mol. The lowest BCUT2D eigenvalue weighted by Crippen LogP contribution is -2.62. The number of anilines is 2. The van der Waals surface area contributed by atoms with Crippen LogP contribution in [0.1, 0.15) is 45.5 Å². The van der Waals surface area contributed by atoms with E-state index >= 15 is 4.39 Å². The quantitative estimate of drug-likeness (QED) is 0.340. The predicted octanol–water partition coefficient (Wildman–Crippen LogP) is 5.85. The monoisotopic (exact) mass is 697 g/mol. The second kappa shape index (κ2) is 12.1. The molecule has 3 aromatic rings. The van der Waals surface area contributed by atoms with E-state index in [0.29, 0.717) is 55.5 Å². The standard InChI is InChI=1S/C35H34Cl2FN3O7/c1-45-23-11-35(48-15-23)16-40(17-35)22-7-27(36)31(28(37)8-22)33(42)39-12-19-3-2-4-24(32(19)47-18-39)25-10-30(26(34(43)44)9-29(25)38)41-20-5-6-21(41)14-46-13-20/h2-4,7-10,20-21,23H,5-6,11-18H2,1H3,(H,43,44)/t20?,21?,23-/m0/s1. The Labute approximate surface area is 286 Å². The minimum atomic E-state index is -1.19. The SMILES string of the molecule is CO[C@@H]1COC2(C1)CN(c1cc(Cl)c(C(=O)N3COc4c(cccc4-c4cc(N5C6CCC5COC6)c(C(=O)O)cc4F)C3)c(Cl)c1)C2. The molecule has 0 saturated carbocycles. The molecule has 13 heteroatoms. The van der Waals surface area contributed by atoms with E-state index in [2.05, 4.69) is 9.80 Å². The summed E-state index contributed by atoms with van der Waals surface area (Å²) >= 11 is 13.4. The number of hydrogen-bond donors (Lipinski definition) is 1. The van der Waals surface area contributed by atoms with Crippen LogP contribution >= 0.6 is 23.2 Å². The van der Waals surface area contributed by atoms with Gasteiger partial charge in [-0.25, -0.2) is 9.18 Å². The van der Waals surface area contributed by atoms with E-state index in [4.69, 9.17) is 42.1 Å². The molecule has 10 nitrogen and oxygen atoms in total. The molecule has 1 spiro atoms. The van der Waals surface area contributed by atoms with Crippen molar-refractivity contribution >= 4 is 46.5 Å². The van der Waals surface area contributed by atoms with Gasteiger partial charge in [0.25, 0.3) is 5.91 Å². The lowest BCUT2D eigenvalue weighted by atomic mass is 9.89. The van der Waals surface area contributed by atoms with Crippen molar-refractivity contribution < 1.29 is 38.0 Å². The van der Waals surface area contributed by atoms with Gasteiger partial charge in [0.05, 0.1) is 71.4 Å². The number of para-hydroxylation sites is 1. The van der Waals surface area contributed by atoms with Crippen LogP contribution < -0.4 is 14.5 Å². The average molecular weight is 699 g/mol. The zero-order valence-electron chi connectivity index (χ0n) is 26.2. The van der Waals surface area contributed by atoms with Gasteiger partial charge in [0.15, 0.2) is 6.73 Å². The van der Waals surface area contributed by atoms with Crippen molar-refractivity contribution in [1.82, 2.24) is 4.90 Å². The fourth-order valence-corrected chi connectivity index (χ4v) is 8.54. The fraction of sp³-hybridized carbons (Fsp3) is 0.429. The highest BCUT2D eigenvalue weighted by molar-refractivity contribution is 6.40. The van der Waals surface area contributed by atoms with Gasteiger partial charge in [0, 0.05) is 49.0 Å². The van der Waals surface area contributed by atoms with Gasteiger partial charge in [0.1, 0.15) is 17.2 Å². The number of benzene rings is 3. The second-order valence-corrected chi connectivity index (χ2v) is 14.1. The van der Waals surface area contributed by atoms with Gasteiger partial charge >= 0.3 is 5.97 Å². The van der Waals surface area contributed by atoms with E-state index < -0.39 is 17.7 Å². The van der Waals surface area contributed by atoms with Crippen molar-refractivity contribution in [1.29, 1.82) is 0 Å². The number of aromatic carboxylic acids is 1. The van der Waals surface area contributed by atoms with Crippen LogP contribution in [0.2, 0.25) is 10.0 Å². The molecule has 4 saturated heterocycles. The first-order chi connectivity index (χ1) is 23.1. The number of carbonyl (C=O) groups excluding carboxylic acids is 1. The molecule has 3 aromatic carbocycles. The number of fused-ring (bicyclic) bond motifs is 3. The van der Waals surface area contributed by atoms with E-state index in [-0.39, 0.29) is 63.8 Å². The third-order valence-corrected chi connectivity index (χ3v) is 10.9. The molecule has 48 heavy (non-hydrogen) atoms. The molecule has 2 unspecified atom stereocenters. The Morgan fingerprint density at radius 2 is 1.75 bits per heavy atom. The first kappa shape index (κ1) is 31.6. The Morgan fingerprint density at radius 3 is 2.42 bits per heavy atom. The molecule has 0 radical (unpaired) electrons. The van der Waals surface area contributed by atoms with Gasteiger partial charge in [-0.3, -0.25) is 4.79 Å². The topological polar surface area (TPSA) is 101 Å². The van der Waals surface area contributed by atoms with Gasteiger partial charge in [-0.2, -0.15) is 0 Å². The minimum Gasteiger partial charge on any atom is -0.478 e. The number of amides is 1. The third kappa shape index (κ3) is 5.27. The molecule has 1 N–H and O–H groups in total. The summed E-state index contributed by atoms with van der Waals surface area (Å²) in [6.07, 6.45) is 2.67. The van der Waals surface area contributed by atoms with Gasteiger partial charge in [-0.1, -0.05) is 41.4 Å². The maximum atomic E-state index is 15.7. The van der Waals surface area contributed by atoms with E-state index in [0.717, 1.165) is 31.0 Å². The van der Waals surface area contributed by atoms with Crippen molar-refractivity contribution in [3.63, 3.8) is 0 Å². The highest BCUT2D eigenvalue weighted by Gasteiger charge is 2.50. The lowest BCUT2D eigenvalue weighted by molar-refractivity contribution is -0.0208. The number of ether oxygens (including phenoxy) is 4. The van der Waals surface area contributed by atoms with Crippen molar-refractivity contribution in [2.45, 2.75) is 49.6 Å². The summed E-state index contributed by atoms with van der Waals surface area (Å²) < 4.78 is 39.0. The van der Waals surface area contributed by atoms with Crippen molar-refractivity contribution in [2.24, 2.45) is 0 Å². The molecule has 8 rings (SSSR count). The molecule has 5 heterocycles. The number of rotatable bonds is 6. The van der Waals surface area contributed by atoms with E-state index in [1.165, 1.54) is 4.90 Å². The molecule has 3 atom stereocenters. The highest BCUT2D eigenvalue weighted by atomic mass is 35.5. The molecule has 0 aromatic heterocycles. The number of morpholine rings is 1. The molecule has 5 aliphatic rings. The summed E-state index contributed by atoms with van der Waals surface area (Å²) in [6.45, 7) is 2.99. The number of nitrogens with zero attached hydrogens (tertiary/aromatic N) is 3. The summed E-state index contributed by atoms with van der Waals surface area (Å²) in [5, 5.41) is 10.4. The summed E-state index contributed by atoms with van der Waals surface area (Å²) in [5.41, 5.74) is 2.51. The Morgan fingerprint density at radius 1 is 1.02 bits per heavy atom. The predicted molar refractivity (Wildman–Crippen MR) is 177 cm³/mol. The second-order valence-electron chi connectivity index (χ2n) is 13.3. The minimum absolute atomic E-state index is 0.0286. The molecule has 252 valence electrons. The summed E-state index contributed by atoms with van der Waals surface area (Å²) in [6, 6.07) is 11.6. The van der Waals surface area contributed by atoms with Crippen LogP contribution in [-0.2, 0) is 20.8 Å². The Balaban J connectivity index is 1.04. The molecule has 5 aliphatic heterocycles. The normalized spacial score (nSPS) is 24.0. The van der Waals surface area contributed by atoms with Crippen LogP contribution in [0.5, 0.6) is 5.75 Å². The fourth-order valence-electron chi connectivity index (χ4n) is 7.90. The zero-order valence-corrected chi connectivity index (χ0v) is 27.7. The van der Waals surface area contributed by atoms with E-state index in [1.807, 2.05) is 6.07 Å². The maximum absolute atomic E-state index is 15.7. The largest absolute Gasteiger partial charge is 0.478 e. The number of carbonyl (C=O) groups is 2. The van der Waals surface area contributed by atoms with Crippen LogP contribution in [0, 0.1) is 5.82 Å². The number of carboxylic acids is 1. The van der Waals surface area contributed by atoms with E-state index in [9.17, 15) is 14.7 Å². The Bertz CT molecular complexity index is 1780. The molecule has 0 aliphatic carbocycles. The van der Waals surface area contributed by atoms with Crippen LogP contribution in [0.4, 0.5) is 15.8 Å². The van der Waals surface area contributed by atoms with Crippen LogP contribution in [0.25, 0.3) is 11.1 Å². The van der Waals surface area contributed by atoms with E-state index in [1.54, 1.807) is 37.4 Å². The zero-order chi connectivity index (χ0) is 33.3. The van der Waals surface area contributed by atoms with Gasteiger partial charge in [-0.05, 0) is 37.1 Å². The molecule has 4 fully saturated rings. The molecule has 2 bridgehead atoms. The first-order valence-corrected chi connectivity index (χ1v) is 16.8. The molecular formula is C35H34Cl2FN3O7. The summed E-state index contributed by atoms with van der Waals surface area (Å²) in [4.78, 5) is 31.7. The van der Waals surface area contributed by atoms with Crippen LogP contribution in [-0.4, -0.2) is 92.4 Å². The number of hydrogen-bond acceptors (Lipinski definition) is 8. The van der Waals surface area contributed by atoms with Crippen molar-refractivity contribution in [2.75, 3.05) is 56.6 Å². The molecule has 1 amide bonds. The van der Waals surface area contributed by atoms with Crippen molar-refractivity contribution in [3.8, 4) is 16.9 Å². The smallest absolute Gasteiger partial charge is 0.337 e. The maximum Gasteiger partial charge on any atom is 0.337 e. The van der Waals surface area contributed by atoms with Gasteiger partial charge < -0.3 is 38.8 Å². The van der Waals surface area contributed by atoms with Crippen LogP contribution in [0.3, 0.4) is 0 Å². The lowest BCUT2D eigenvalue weighted by Gasteiger charge is -2.48. The first-order valence-electron chi connectivity index (χ1n) is 16.0. The summed E-state index contributed by atoms with van der Waals surface area (Å²) in [5.74, 6) is -1.82. The third-order valence-electron chi connectivity index (χ3n) is 10.3. The van der Waals surface area contributed by atoms with Gasteiger partial charge in [-0.15, -0.1) is 0 Å². The van der Waals surface area contributed by atoms with Crippen molar-refractivity contribution in [3.05, 3.63) is 75.0 Å².